The first-order valence-electron chi connectivity index (χ1n) is 17.2. The second-order valence-electron chi connectivity index (χ2n) is 15.6. The van der Waals surface area contributed by atoms with Gasteiger partial charge in [-0.25, -0.2) is 23.2 Å². The molecule has 2 aromatic heterocycles. The molecule has 2 fully saturated rings. The Morgan fingerprint density at radius 3 is 2.47 bits per heavy atom. The monoisotopic (exact) mass is 679 g/mol. The zero-order chi connectivity index (χ0) is 35.4. The van der Waals surface area contributed by atoms with E-state index >= 15 is 0 Å². The van der Waals surface area contributed by atoms with Gasteiger partial charge >= 0.3 is 11.8 Å². The van der Waals surface area contributed by atoms with E-state index in [4.69, 9.17) is 9.47 Å². The minimum atomic E-state index is -0.617. The van der Waals surface area contributed by atoms with Crippen molar-refractivity contribution >= 4 is 23.3 Å². The number of nitrogens with zero attached hydrogens (tertiary/aromatic N) is 7. The second kappa shape index (κ2) is 13.1. The van der Waals surface area contributed by atoms with Gasteiger partial charge in [-0.3, -0.25) is 14.6 Å². The van der Waals surface area contributed by atoms with Crippen LogP contribution >= 0.6 is 0 Å². The summed E-state index contributed by atoms with van der Waals surface area (Å²) in [5.74, 6) is -0.375. The van der Waals surface area contributed by atoms with Crippen LogP contribution in [0.3, 0.4) is 0 Å². The van der Waals surface area contributed by atoms with Crippen molar-refractivity contribution in [3.8, 4) is 0 Å². The second-order valence-corrected chi connectivity index (χ2v) is 15.6. The SMILES string of the molecule is C[C@@H]1COCCN1C[C@H]1CN(C(=O)OC(C)(C)C)[C@H](C)CN1CC(=O)N1CC(C)(C)c2c1cc(Cc1ccc(F)cc1)c1nc(=O)n(C)n21. The van der Waals surface area contributed by atoms with Gasteiger partial charge in [0.15, 0.2) is 5.65 Å². The molecule has 0 N–H and O–H groups in total. The van der Waals surface area contributed by atoms with Crippen LogP contribution in [-0.2, 0) is 33.2 Å². The number of carbonyl (C=O) groups excluding carboxylic acids is 2. The van der Waals surface area contributed by atoms with Crippen LogP contribution in [0.15, 0.2) is 35.1 Å². The number of pyridine rings is 1. The van der Waals surface area contributed by atoms with Crippen LogP contribution in [0.1, 0.15) is 65.3 Å². The molecule has 3 atom stereocenters. The number of piperazine rings is 1. The predicted molar refractivity (Wildman–Crippen MR) is 185 cm³/mol. The molecule has 0 spiro atoms. The Hall–Kier alpha value is -3.81. The van der Waals surface area contributed by atoms with Crippen molar-refractivity contribution in [2.45, 2.75) is 84.0 Å². The van der Waals surface area contributed by atoms with Gasteiger partial charge in [0.05, 0.1) is 31.1 Å². The van der Waals surface area contributed by atoms with E-state index in [1.807, 2.05) is 43.2 Å². The van der Waals surface area contributed by atoms with E-state index in [1.165, 1.54) is 16.8 Å². The molecule has 12 nitrogen and oxygen atoms in total. The van der Waals surface area contributed by atoms with Crippen LogP contribution in [0.4, 0.5) is 14.9 Å². The number of hydrogen-bond acceptors (Lipinski definition) is 8. The smallest absolute Gasteiger partial charge is 0.410 e. The average Bonchev–Trinajstić information content (AvgIpc) is 3.46. The maximum atomic E-state index is 14.5. The first kappa shape index (κ1) is 35.0. The Kier molecular flexibility index (Phi) is 9.40. The molecule has 3 aliphatic heterocycles. The first-order valence-corrected chi connectivity index (χ1v) is 17.2. The average molecular weight is 680 g/mol. The molecule has 3 aromatic rings. The van der Waals surface area contributed by atoms with Gasteiger partial charge in [-0.2, -0.15) is 4.98 Å². The zero-order valence-electron chi connectivity index (χ0n) is 30.0. The summed E-state index contributed by atoms with van der Waals surface area (Å²) in [4.78, 5) is 53.4. The molecule has 2 saturated heterocycles. The van der Waals surface area contributed by atoms with E-state index in [9.17, 15) is 18.8 Å². The first-order chi connectivity index (χ1) is 23.0. The molecule has 0 radical (unpaired) electrons. The highest BCUT2D eigenvalue weighted by molar-refractivity contribution is 5.98. The summed E-state index contributed by atoms with van der Waals surface area (Å²) in [6.07, 6.45) is 0.0739. The minimum absolute atomic E-state index is 0.0537. The summed E-state index contributed by atoms with van der Waals surface area (Å²) < 4.78 is 28.5. The number of fused-ring (bicyclic) bond motifs is 3. The number of ether oxygens (including phenoxy) is 2. The zero-order valence-corrected chi connectivity index (χ0v) is 30.0. The van der Waals surface area contributed by atoms with Crippen molar-refractivity contribution in [3.63, 3.8) is 0 Å². The fourth-order valence-corrected chi connectivity index (χ4v) is 7.49. The molecule has 0 bridgehead atoms. The topological polar surface area (TPSA) is 105 Å². The number of aryl methyl sites for hydroxylation is 1. The molecule has 13 heteroatoms. The lowest BCUT2D eigenvalue weighted by molar-refractivity contribution is -0.121. The van der Waals surface area contributed by atoms with Crippen molar-refractivity contribution in [3.05, 3.63) is 63.5 Å². The van der Waals surface area contributed by atoms with E-state index in [2.05, 4.69) is 35.6 Å². The van der Waals surface area contributed by atoms with Crippen LogP contribution in [0.5, 0.6) is 0 Å². The highest BCUT2D eigenvalue weighted by Gasteiger charge is 2.44. The molecule has 3 aliphatic rings. The van der Waals surface area contributed by atoms with E-state index in [0.29, 0.717) is 51.5 Å². The Morgan fingerprint density at radius 1 is 1.08 bits per heavy atom. The number of morpholine rings is 1. The number of benzene rings is 1. The van der Waals surface area contributed by atoms with Gasteiger partial charge in [-0.15, -0.1) is 0 Å². The minimum Gasteiger partial charge on any atom is -0.444 e. The molecular weight excluding hydrogens is 629 g/mol. The van der Waals surface area contributed by atoms with Crippen LogP contribution < -0.4 is 10.6 Å². The van der Waals surface area contributed by atoms with Gasteiger partial charge in [-0.05, 0) is 58.4 Å². The fourth-order valence-electron chi connectivity index (χ4n) is 7.49. The number of anilines is 1. The van der Waals surface area contributed by atoms with Crippen LogP contribution in [0.25, 0.3) is 5.65 Å². The highest BCUT2D eigenvalue weighted by Crippen LogP contribution is 2.42. The molecule has 0 aliphatic carbocycles. The van der Waals surface area contributed by atoms with E-state index in [-0.39, 0.29) is 48.2 Å². The number of hydrogen-bond donors (Lipinski definition) is 0. The Bertz CT molecular complexity index is 1780. The van der Waals surface area contributed by atoms with Crippen LogP contribution in [0, 0.1) is 5.82 Å². The number of rotatable bonds is 6. The van der Waals surface area contributed by atoms with Gasteiger partial charge in [-0.1, -0.05) is 26.0 Å². The lowest BCUT2D eigenvalue weighted by Crippen LogP contribution is -2.64. The van der Waals surface area contributed by atoms with Crippen molar-refractivity contribution in [2.75, 3.05) is 57.4 Å². The van der Waals surface area contributed by atoms with Crippen molar-refractivity contribution in [1.29, 1.82) is 0 Å². The number of aromatic nitrogens is 3. The summed E-state index contributed by atoms with van der Waals surface area (Å²) in [5, 5.41) is 0. The Morgan fingerprint density at radius 2 is 1.80 bits per heavy atom. The molecule has 0 saturated carbocycles. The maximum absolute atomic E-state index is 14.5. The van der Waals surface area contributed by atoms with Crippen molar-refractivity contribution in [1.82, 2.24) is 28.9 Å². The summed E-state index contributed by atoms with van der Waals surface area (Å²) in [5.41, 5.74) is 2.28. The van der Waals surface area contributed by atoms with Gasteiger partial charge in [0.2, 0.25) is 5.91 Å². The molecule has 1 aromatic carbocycles. The third-order valence-electron chi connectivity index (χ3n) is 10.00. The Balaban J connectivity index is 1.32. The number of carbonyl (C=O) groups is 2. The lowest BCUT2D eigenvalue weighted by Gasteiger charge is -2.47. The van der Waals surface area contributed by atoms with Crippen molar-refractivity contribution < 1.29 is 23.5 Å². The molecule has 49 heavy (non-hydrogen) atoms. The Labute approximate surface area is 287 Å². The maximum Gasteiger partial charge on any atom is 0.410 e. The molecule has 2 amide bonds. The van der Waals surface area contributed by atoms with Crippen molar-refractivity contribution in [2.24, 2.45) is 7.05 Å². The summed E-state index contributed by atoms with van der Waals surface area (Å²) in [6, 6.07) is 8.21. The largest absolute Gasteiger partial charge is 0.444 e. The third kappa shape index (κ3) is 7.11. The van der Waals surface area contributed by atoms with Crippen LogP contribution in [0.2, 0.25) is 0 Å². The molecular formula is C36H50FN7O5. The van der Waals surface area contributed by atoms with E-state index < -0.39 is 11.0 Å². The highest BCUT2D eigenvalue weighted by atomic mass is 19.1. The standard InChI is InChI=1S/C36H50FN7O5/c1-23-17-41(28(18-40-13-14-48-21-24(40)2)19-42(23)34(47)49-35(3,4)5)20-30(45)43-22-36(6,7)31-29(43)16-26(15-25-9-11-27(37)12-10-25)32-38-33(46)39(8)44(31)32/h9-12,16,23-24,28H,13-15,17-22H2,1-8H3/t23-,24-,28+/m1/s1. The fraction of sp³-hybridized carbons (Fsp3) is 0.611. The molecule has 5 heterocycles. The summed E-state index contributed by atoms with van der Waals surface area (Å²) in [7, 11) is 1.69. The number of halogens is 1. The third-order valence-corrected chi connectivity index (χ3v) is 10.00. The predicted octanol–water partition coefficient (Wildman–Crippen LogP) is 3.42. The van der Waals surface area contributed by atoms with Gasteiger partial charge < -0.3 is 19.3 Å². The molecule has 6 rings (SSSR count). The van der Waals surface area contributed by atoms with Gasteiger partial charge in [0.25, 0.3) is 0 Å². The van der Waals surface area contributed by atoms with Crippen LogP contribution in [-0.4, -0.2) is 117 Å². The van der Waals surface area contributed by atoms with Gasteiger partial charge in [0, 0.05) is 75.3 Å². The molecule has 0 unspecified atom stereocenters. The summed E-state index contributed by atoms with van der Waals surface area (Å²) >= 11 is 0. The summed E-state index contributed by atoms with van der Waals surface area (Å²) in [6.45, 7) is 18.2. The molecule has 266 valence electrons. The van der Waals surface area contributed by atoms with E-state index in [0.717, 1.165) is 29.1 Å². The van der Waals surface area contributed by atoms with E-state index in [1.54, 1.807) is 24.1 Å². The van der Waals surface area contributed by atoms with Gasteiger partial charge in [0.1, 0.15) is 11.4 Å². The quantitative estimate of drug-likeness (QED) is 0.391. The number of amides is 2. The lowest BCUT2D eigenvalue weighted by atomic mass is 9.90. The normalized spacial score (nSPS) is 23.2.